The van der Waals surface area contributed by atoms with Gasteiger partial charge in [0.15, 0.2) is 0 Å². The van der Waals surface area contributed by atoms with Gasteiger partial charge in [-0.3, -0.25) is 4.79 Å². The molecule has 144 valence electrons. The Bertz CT molecular complexity index is 898. The Balaban J connectivity index is 1.59. The number of aryl methyl sites for hydroxylation is 2. The van der Waals surface area contributed by atoms with Crippen LogP contribution in [0, 0.1) is 13.8 Å². The van der Waals surface area contributed by atoms with E-state index < -0.39 is 10.0 Å². The topological polar surface area (TPSA) is 78.5 Å². The number of carbonyl (C=O) groups is 1. The summed E-state index contributed by atoms with van der Waals surface area (Å²) < 4.78 is 26.6. The molecule has 0 saturated carbocycles. The molecule has 7 heteroatoms. The van der Waals surface area contributed by atoms with Crippen LogP contribution in [0.1, 0.15) is 24.0 Å². The third-order valence-electron chi connectivity index (χ3n) is 4.76. The summed E-state index contributed by atoms with van der Waals surface area (Å²) >= 11 is 0. The van der Waals surface area contributed by atoms with Gasteiger partial charge in [0.05, 0.1) is 11.4 Å². The van der Waals surface area contributed by atoms with Crippen LogP contribution in [0.4, 0.5) is 11.4 Å². The molecule has 0 aliphatic carbocycles. The number of hydrogen-bond donors (Lipinski definition) is 2. The Labute approximate surface area is 160 Å². The molecule has 1 aliphatic heterocycles. The van der Waals surface area contributed by atoms with Crippen LogP contribution < -0.4 is 10.6 Å². The van der Waals surface area contributed by atoms with Crippen LogP contribution in [-0.4, -0.2) is 38.3 Å². The molecule has 2 aromatic carbocycles. The lowest BCUT2D eigenvalue weighted by atomic mass is 10.1. The molecule has 2 aromatic rings. The van der Waals surface area contributed by atoms with Crippen LogP contribution >= 0.6 is 0 Å². The van der Waals surface area contributed by atoms with Crippen molar-refractivity contribution in [2.24, 2.45) is 0 Å². The van der Waals surface area contributed by atoms with E-state index in [9.17, 15) is 13.2 Å². The van der Waals surface area contributed by atoms with Crippen molar-refractivity contribution in [2.75, 3.05) is 30.3 Å². The van der Waals surface area contributed by atoms with Gasteiger partial charge in [-0.1, -0.05) is 18.2 Å². The van der Waals surface area contributed by atoms with Crippen molar-refractivity contribution < 1.29 is 13.2 Å². The summed E-state index contributed by atoms with van der Waals surface area (Å²) in [5, 5.41) is 5.95. The molecule has 1 amide bonds. The first-order chi connectivity index (χ1) is 12.9. The molecule has 0 aromatic heterocycles. The Morgan fingerprint density at radius 3 is 2.19 bits per heavy atom. The summed E-state index contributed by atoms with van der Waals surface area (Å²) in [7, 11) is -3.41. The second-order valence-electron chi connectivity index (χ2n) is 6.80. The lowest BCUT2D eigenvalue weighted by Gasteiger charge is -2.16. The smallest absolute Gasteiger partial charge is 0.243 e. The summed E-state index contributed by atoms with van der Waals surface area (Å²) in [6, 6.07) is 12.4. The van der Waals surface area contributed by atoms with E-state index in [-0.39, 0.29) is 17.3 Å². The molecule has 0 radical (unpaired) electrons. The Morgan fingerprint density at radius 2 is 1.59 bits per heavy atom. The second kappa shape index (κ2) is 8.10. The minimum absolute atomic E-state index is 0.103. The largest absolute Gasteiger partial charge is 0.376 e. The fourth-order valence-electron chi connectivity index (χ4n) is 3.20. The van der Waals surface area contributed by atoms with E-state index in [0.717, 1.165) is 29.7 Å². The molecule has 3 rings (SSSR count). The number of carbonyl (C=O) groups excluding carboxylic acids is 1. The lowest BCUT2D eigenvalue weighted by molar-refractivity contribution is -0.114. The Hall–Kier alpha value is -2.38. The van der Waals surface area contributed by atoms with Crippen molar-refractivity contribution in [3.8, 4) is 0 Å². The molecule has 27 heavy (non-hydrogen) atoms. The van der Waals surface area contributed by atoms with Gasteiger partial charge in [-0.15, -0.1) is 0 Å². The maximum atomic E-state index is 12.5. The van der Waals surface area contributed by atoms with Gasteiger partial charge in [0, 0.05) is 24.5 Å². The molecule has 0 spiro atoms. The monoisotopic (exact) mass is 387 g/mol. The van der Waals surface area contributed by atoms with Crippen LogP contribution in [0.5, 0.6) is 0 Å². The number of hydrogen-bond acceptors (Lipinski definition) is 4. The highest BCUT2D eigenvalue weighted by molar-refractivity contribution is 7.89. The van der Waals surface area contributed by atoms with E-state index in [0.29, 0.717) is 18.8 Å². The number of rotatable bonds is 6. The van der Waals surface area contributed by atoms with Gasteiger partial charge in [0.2, 0.25) is 15.9 Å². The van der Waals surface area contributed by atoms with E-state index >= 15 is 0 Å². The van der Waals surface area contributed by atoms with Crippen molar-refractivity contribution in [1.82, 2.24) is 4.31 Å². The quantitative estimate of drug-likeness (QED) is 0.798. The number of sulfonamides is 1. The minimum Gasteiger partial charge on any atom is -0.376 e. The van der Waals surface area contributed by atoms with E-state index in [1.54, 1.807) is 24.3 Å². The highest BCUT2D eigenvalue weighted by Gasteiger charge is 2.26. The minimum atomic E-state index is -3.41. The van der Waals surface area contributed by atoms with Crippen LogP contribution in [-0.2, 0) is 14.8 Å². The zero-order valence-electron chi connectivity index (χ0n) is 15.7. The molecule has 1 saturated heterocycles. The number of amides is 1. The fourth-order valence-corrected chi connectivity index (χ4v) is 4.72. The molecular weight excluding hydrogens is 362 g/mol. The molecular formula is C20H25N3O3S. The van der Waals surface area contributed by atoms with E-state index in [1.165, 1.54) is 4.31 Å². The zero-order valence-corrected chi connectivity index (χ0v) is 16.5. The molecule has 1 aliphatic rings. The van der Waals surface area contributed by atoms with E-state index in [2.05, 4.69) is 10.6 Å². The normalized spacial score (nSPS) is 14.9. The van der Waals surface area contributed by atoms with Gasteiger partial charge in [0.25, 0.3) is 0 Å². The standard InChI is InChI=1S/C20H25N3O3S/c1-15-6-5-7-16(2)20(15)22-19(24)14-21-17-8-10-18(11-9-17)27(25,26)23-12-3-4-13-23/h5-11,21H,3-4,12-14H2,1-2H3,(H,22,24). The summed E-state index contributed by atoms with van der Waals surface area (Å²) in [6.07, 6.45) is 1.82. The predicted molar refractivity (Wildman–Crippen MR) is 107 cm³/mol. The SMILES string of the molecule is Cc1cccc(C)c1NC(=O)CNc1ccc(S(=O)(=O)N2CCCC2)cc1. The summed E-state index contributed by atoms with van der Waals surface area (Å²) in [5.74, 6) is -0.152. The van der Waals surface area contributed by atoms with Gasteiger partial charge in [-0.2, -0.15) is 4.31 Å². The first-order valence-electron chi connectivity index (χ1n) is 9.08. The van der Waals surface area contributed by atoms with Gasteiger partial charge < -0.3 is 10.6 Å². The molecule has 0 bridgehead atoms. The average molecular weight is 388 g/mol. The number of para-hydroxylation sites is 1. The van der Waals surface area contributed by atoms with Crippen LogP contribution in [0.15, 0.2) is 47.4 Å². The molecule has 0 unspecified atom stereocenters. The van der Waals surface area contributed by atoms with Gasteiger partial charge in [-0.05, 0) is 62.1 Å². The molecule has 1 heterocycles. The zero-order chi connectivity index (χ0) is 19.4. The maximum absolute atomic E-state index is 12.5. The summed E-state index contributed by atoms with van der Waals surface area (Å²) in [5.41, 5.74) is 3.56. The first-order valence-corrected chi connectivity index (χ1v) is 10.5. The van der Waals surface area contributed by atoms with E-state index in [1.807, 2.05) is 32.0 Å². The van der Waals surface area contributed by atoms with Crippen molar-refractivity contribution in [2.45, 2.75) is 31.6 Å². The molecule has 2 N–H and O–H groups in total. The fraction of sp³-hybridized carbons (Fsp3) is 0.350. The summed E-state index contributed by atoms with van der Waals surface area (Å²) in [6.45, 7) is 5.18. The van der Waals surface area contributed by atoms with Crippen molar-refractivity contribution >= 4 is 27.3 Å². The number of nitrogens with zero attached hydrogens (tertiary/aromatic N) is 1. The van der Waals surface area contributed by atoms with Gasteiger partial charge in [-0.25, -0.2) is 8.42 Å². The van der Waals surface area contributed by atoms with Crippen LogP contribution in [0.3, 0.4) is 0 Å². The highest BCUT2D eigenvalue weighted by Crippen LogP contribution is 2.22. The van der Waals surface area contributed by atoms with Crippen LogP contribution in [0.2, 0.25) is 0 Å². The van der Waals surface area contributed by atoms with Crippen molar-refractivity contribution in [3.63, 3.8) is 0 Å². The first kappa shape index (κ1) is 19.4. The number of anilines is 2. The van der Waals surface area contributed by atoms with Gasteiger partial charge >= 0.3 is 0 Å². The number of benzene rings is 2. The average Bonchev–Trinajstić information content (AvgIpc) is 3.19. The van der Waals surface area contributed by atoms with Crippen molar-refractivity contribution in [1.29, 1.82) is 0 Å². The molecule has 0 atom stereocenters. The number of nitrogens with one attached hydrogen (secondary N) is 2. The third kappa shape index (κ3) is 4.48. The summed E-state index contributed by atoms with van der Waals surface area (Å²) in [4.78, 5) is 12.5. The highest BCUT2D eigenvalue weighted by atomic mass is 32.2. The lowest BCUT2D eigenvalue weighted by Crippen LogP contribution is -2.27. The molecule has 6 nitrogen and oxygen atoms in total. The second-order valence-corrected chi connectivity index (χ2v) is 8.74. The van der Waals surface area contributed by atoms with Crippen LogP contribution in [0.25, 0.3) is 0 Å². The Kier molecular flexibility index (Phi) is 5.82. The Morgan fingerprint density at radius 1 is 1.00 bits per heavy atom. The third-order valence-corrected chi connectivity index (χ3v) is 6.67. The van der Waals surface area contributed by atoms with Gasteiger partial charge in [0.1, 0.15) is 0 Å². The van der Waals surface area contributed by atoms with Crippen molar-refractivity contribution in [3.05, 3.63) is 53.6 Å². The van der Waals surface area contributed by atoms with E-state index in [4.69, 9.17) is 0 Å². The maximum Gasteiger partial charge on any atom is 0.243 e. The molecule has 1 fully saturated rings. The predicted octanol–water partition coefficient (Wildman–Crippen LogP) is 3.14.